The average Bonchev–Trinajstić information content (AvgIpc) is 3.14. The summed E-state index contributed by atoms with van der Waals surface area (Å²) in [6.45, 7) is 7.65. The van der Waals surface area contributed by atoms with Crippen LogP contribution < -0.4 is 5.56 Å². The zero-order chi connectivity index (χ0) is 25.3. The minimum absolute atomic E-state index is 0.0466. The van der Waals surface area contributed by atoms with Crippen molar-refractivity contribution in [2.75, 3.05) is 53.4 Å². The molecular formula is C23H33N7O4S. The smallest absolute Gasteiger partial charge is 0.277 e. The van der Waals surface area contributed by atoms with Gasteiger partial charge in [0.15, 0.2) is 11.3 Å². The Balaban J connectivity index is 1.65. The van der Waals surface area contributed by atoms with Crippen molar-refractivity contribution >= 4 is 15.5 Å². The number of hydrogen-bond donors (Lipinski definition) is 2. The van der Waals surface area contributed by atoms with Crippen molar-refractivity contribution < 1.29 is 13.5 Å². The number of benzene rings is 1. The van der Waals surface area contributed by atoms with Crippen molar-refractivity contribution in [1.29, 1.82) is 0 Å². The molecule has 1 aliphatic heterocycles. The fourth-order valence-corrected chi connectivity index (χ4v) is 5.74. The molecule has 12 heteroatoms. The van der Waals surface area contributed by atoms with Crippen LogP contribution in [0.1, 0.15) is 24.9 Å². The summed E-state index contributed by atoms with van der Waals surface area (Å²) in [7, 11) is 0.248. The van der Waals surface area contributed by atoms with E-state index in [1.165, 1.54) is 27.0 Å². The SMILES string of the molecule is CCCc1nc(C)c2c(=O)[nH]c(-c3cc(S(=O)(=O)N4CCN(CCN(C)C)CC4)ccc3O)nn12. The van der Waals surface area contributed by atoms with Crippen molar-refractivity contribution in [2.24, 2.45) is 0 Å². The van der Waals surface area contributed by atoms with E-state index in [9.17, 15) is 18.3 Å². The molecule has 0 amide bonds. The molecule has 2 N–H and O–H groups in total. The number of piperazine rings is 1. The monoisotopic (exact) mass is 503 g/mol. The number of nitrogens with one attached hydrogen (secondary N) is 1. The lowest BCUT2D eigenvalue weighted by Crippen LogP contribution is -2.49. The van der Waals surface area contributed by atoms with Gasteiger partial charge in [-0.1, -0.05) is 6.92 Å². The summed E-state index contributed by atoms with van der Waals surface area (Å²) in [6, 6.07) is 4.08. The zero-order valence-corrected chi connectivity index (χ0v) is 21.5. The number of fused-ring (bicyclic) bond motifs is 1. The molecule has 0 aliphatic carbocycles. The quantitative estimate of drug-likeness (QED) is 0.465. The maximum absolute atomic E-state index is 13.4. The molecule has 0 saturated carbocycles. The molecule has 0 spiro atoms. The predicted molar refractivity (Wildman–Crippen MR) is 133 cm³/mol. The largest absolute Gasteiger partial charge is 0.507 e. The van der Waals surface area contributed by atoms with Crippen LogP contribution in [-0.4, -0.2) is 101 Å². The summed E-state index contributed by atoms with van der Waals surface area (Å²) < 4.78 is 29.7. The Morgan fingerprint density at radius 3 is 2.54 bits per heavy atom. The van der Waals surface area contributed by atoms with Gasteiger partial charge in [0.1, 0.15) is 11.6 Å². The van der Waals surface area contributed by atoms with Crippen LogP contribution in [0, 0.1) is 6.92 Å². The number of nitrogens with zero attached hydrogens (tertiary/aromatic N) is 6. The van der Waals surface area contributed by atoms with E-state index < -0.39 is 15.6 Å². The molecule has 11 nitrogen and oxygen atoms in total. The van der Waals surface area contributed by atoms with Gasteiger partial charge in [0.05, 0.1) is 16.2 Å². The highest BCUT2D eigenvalue weighted by atomic mass is 32.2. The van der Waals surface area contributed by atoms with Gasteiger partial charge >= 0.3 is 0 Å². The van der Waals surface area contributed by atoms with Crippen LogP contribution in [0.4, 0.5) is 0 Å². The molecule has 1 aliphatic rings. The topological polar surface area (TPSA) is 127 Å². The van der Waals surface area contributed by atoms with E-state index in [1.807, 2.05) is 21.0 Å². The first-order chi connectivity index (χ1) is 16.6. The molecule has 0 radical (unpaired) electrons. The van der Waals surface area contributed by atoms with E-state index in [0.717, 1.165) is 19.5 Å². The summed E-state index contributed by atoms with van der Waals surface area (Å²) >= 11 is 0. The molecular weight excluding hydrogens is 470 g/mol. The number of sulfonamides is 1. The maximum atomic E-state index is 13.4. The van der Waals surface area contributed by atoms with Crippen molar-refractivity contribution in [1.82, 2.24) is 33.7 Å². The molecule has 3 heterocycles. The number of aromatic hydroxyl groups is 1. The van der Waals surface area contributed by atoms with Crippen LogP contribution in [0.15, 0.2) is 27.9 Å². The number of aromatic amines is 1. The predicted octanol–water partition coefficient (Wildman–Crippen LogP) is 0.919. The number of aryl methyl sites for hydroxylation is 2. The van der Waals surface area contributed by atoms with Gasteiger partial charge in [0.2, 0.25) is 10.0 Å². The Morgan fingerprint density at radius 2 is 1.89 bits per heavy atom. The normalized spacial score (nSPS) is 15.9. The second-order valence-corrected chi connectivity index (χ2v) is 11.1. The maximum Gasteiger partial charge on any atom is 0.277 e. The number of likely N-dealkylation sites (N-methyl/N-ethyl adjacent to an activating group) is 1. The lowest BCUT2D eigenvalue weighted by atomic mass is 10.2. The molecule has 1 aromatic carbocycles. The third-order valence-electron chi connectivity index (χ3n) is 6.27. The molecule has 1 fully saturated rings. The first-order valence-corrected chi connectivity index (χ1v) is 13.2. The second kappa shape index (κ2) is 10.1. The van der Waals surface area contributed by atoms with E-state index in [1.54, 1.807) is 6.92 Å². The van der Waals surface area contributed by atoms with Crippen molar-refractivity contribution in [2.45, 2.75) is 31.6 Å². The van der Waals surface area contributed by atoms with Crippen LogP contribution in [-0.2, 0) is 16.4 Å². The van der Waals surface area contributed by atoms with Gasteiger partial charge < -0.3 is 15.0 Å². The van der Waals surface area contributed by atoms with Crippen molar-refractivity contribution in [3.63, 3.8) is 0 Å². The second-order valence-electron chi connectivity index (χ2n) is 9.15. The summed E-state index contributed by atoms with van der Waals surface area (Å²) in [5.74, 6) is 0.553. The van der Waals surface area contributed by atoms with Crippen LogP contribution in [0.2, 0.25) is 0 Å². The van der Waals surface area contributed by atoms with Crippen LogP contribution in [0.25, 0.3) is 16.9 Å². The molecule has 1 saturated heterocycles. The summed E-state index contributed by atoms with van der Waals surface area (Å²) in [5.41, 5.74) is 0.652. The standard InChI is InChI=1S/C23H33N7O4S/c1-5-6-20-24-16(2)21-23(32)25-22(26-30(20)21)18-15-17(7-8-19(18)31)35(33,34)29-13-11-28(12-14-29)10-9-27(3)4/h7-8,15,31H,5-6,9-14H2,1-4H3,(H,25,26,32). The minimum Gasteiger partial charge on any atom is -0.507 e. The number of phenolic OH excluding ortho intramolecular Hbond substituents is 1. The molecule has 0 unspecified atom stereocenters. The van der Waals surface area contributed by atoms with Crippen LogP contribution >= 0.6 is 0 Å². The average molecular weight is 504 g/mol. The highest BCUT2D eigenvalue weighted by molar-refractivity contribution is 7.89. The number of H-pyrrole nitrogens is 1. The molecule has 3 aromatic rings. The number of imidazole rings is 1. The lowest BCUT2D eigenvalue weighted by molar-refractivity contribution is 0.174. The number of aromatic nitrogens is 4. The van der Waals surface area contributed by atoms with Crippen molar-refractivity contribution in [3.8, 4) is 17.1 Å². The van der Waals surface area contributed by atoms with E-state index in [2.05, 4.69) is 24.9 Å². The molecule has 0 atom stereocenters. The molecule has 2 aromatic heterocycles. The van der Waals surface area contributed by atoms with Gasteiger partial charge in [0, 0.05) is 45.7 Å². The Labute approximate surface area is 205 Å². The highest BCUT2D eigenvalue weighted by Crippen LogP contribution is 2.30. The zero-order valence-electron chi connectivity index (χ0n) is 20.7. The molecule has 0 bridgehead atoms. The Hall–Kier alpha value is -2.80. The summed E-state index contributed by atoms with van der Waals surface area (Å²) in [5, 5.41) is 15.0. The van der Waals surface area contributed by atoms with E-state index in [-0.39, 0.29) is 22.0 Å². The van der Waals surface area contributed by atoms with Crippen LogP contribution in [0.5, 0.6) is 5.75 Å². The third-order valence-corrected chi connectivity index (χ3v) is 8.17. The van der Waals surface area contributed by atoms with E-state index >= 15 is 0 Å². The van der Waals surface area contributed by atoms with Crippen molar-refractivity contribution in [3.05, 3.63) is 40.1 Å². The van der Waals surface area contributed by atoms with E-state index in [4.69, 9.17) is 0 Å². The Morgan fingerprint density at radius 1 is 1.17 bits per heavy atom. The lowest BCUT2D eigenvalue weighted by Gasteiger charge is -2.34. The number of phenols is 1. The fourth-order valence-electron chi connectivity index (χ4n) is 4.29. The van der Waals surface area contributed by atoms with Gasteiger partial charge in [-0.05, 0) is 45.6 Å². The number of rotatable bonds is 8. The first-order valence-electron chi connectivity index (χ1n) is 11.8. The molecule has 35 heavy (non-hydrogen) atoms. The Kier molecular flexibility index (Phi) is 7.27. The molecule has 190 valence electrons. The third kappa shape index (κ3) is 5.10. The van der Waals surface area contributed by atoms with Crippen LogP contribution in [0.3, 0.4) is 0 Å². The number of hydrogen-bond acceptors (Lipinski definition) is 8. The van der Waals surface area contributed by atoms with Gasteiger partial charge in [-0.2, -0.15) is 4.31 Å². The highest BCUT2D eigenvalue weighted by Gasteiger charge is 2.29. The fraction of sp³-hybridized carbons (Fsp3) is 0.522. The Bertz CT molecular complexity index is 1370. The summed E-state index contributed by atoms with van der Waals surface area (Å²) in [6.07, 6.45) is 1.45. The van der Waals surface area contributed by atoms with Gasteiger partial charge in [-0.25, -0.2) is 17.9 Å². The minimum atomic E-state index is -3.78. The van der Waals surface area contributed by atoms with Gasteiger partial charge in [0.25, 0.3) is 5.56 Å². The summed E-state index contributed by atoms with van der Waals surface area (Å²) in [4.78, 5) is 24.3. The van der Waals surface area contributed by atoms with Gasteiger partial charge in [-0.3, -0.25) is 9.69 Å². The first kappa shape index (κ1) is 25.3. The van der Waals surface area contributed by atoms with Gasteiger partial charge in [-0.15, -0.1) is 5.10 Å². The molecule has 4 rings (SSSR count). The van der Waals surface area contributed by atoms with E-state index in [0.29, 0.717) is 49.6 Å².